The zero-order valence-corrected chi connectivity index (χ0v) is 14.2. The number of pyridine rings is 1. The van der Waals surface area contributed by atoms with Gasteiger partial charge in [0.1, 0.15) is 10.7 Å². The van der Waals surface area contributed by atoms with Crippen molar-refractivity contribution in [1.29, 1.82) is 0 Å². The Balaban J connectivity index is 1.69. The molecule has 3 rings (SSSR count). The smallest absolute Gasteiger partial charge is 0.244 e. The Bertz CT molecular complexity index is 604. The molecule has 2 aliphatic rings. The fourth-order valence-corrected chi connectivity index (χ4v) is 4.77. The van der Waals surface area contributed by atoms with Crippen molar-refractivity contribution in [2.75, 3.05) is 37.7 Å². The largest absolute Gasteiger partial charge is 0.396 e. The average molecular weight is 339 g/mol. The first-order chi connectivity index (χ1) is 11.1. The van der Waals surface area contributed by atoms with E-state index in [0.717, 1.165) is 51.0 Å². The van der Waals surface area contributed by atoms with Crippen LogP contribution in [0.3, 0.4) is 0 Å². The summed E-state index contributed by atoms with van der Waals surface area (Å²) >= 11 is 0. The fourth-order valence-electron chi connectivity index (χ4n) is 3.31. The van der Waals surface area contributed by atoms with Gasteiger partial charge in [0.25, 0.3) is 0 Å². The standard InChI is InChI=1S/C16H25N3O3S/c20-13-14-6-10-18(11-7-14)16-5-4-15(12-17-16)23(21,22)19-8-2-1-3-9-19/h4-5,12,14,20H,1-3,6-11,13H2. The van der Waals surface area contributed by atoms with E-state index < -0.39 is 10.0 Å². The van der Waals surface area contributed by atoms with E-state index in [1.165, 1.54) is 6.20 Å². The molecule has 6 nitrogen and oxygen atoms in total. The molecule has 0 amide bonds. The molecule has 0 unspecified atom stereocenters. The Labute approximate surface area is 138 Å². The van der Waals surface area contributed by atoms with Crippen LogP contribution in [0.1, 0.15) is 32.1 Å². The number of nitrogens with zero attached hydrogens (tertiary/aromatic N) is 3. The van der Waals surface area contributed by atoms with Gasteiger partial charge in [-0.05, 0) is 43.7 Å². The number of aliphatic hydroxyl groups is 1. The second kappa shape index (κ2) is 7.15. The molecule has 0 saturated carbocycles. The van der Waals surface area contributed by atoms with Gasteiger partial charge in [0, 0.05) is 39.0 Å². The molecule has 7 heteroatoms. The lowest BCUT2D eigenvalue weighted by Gasteiger charge is -2.32. The maximum Gasteiger partial charge on any atom is 0.244 e. The van der Waals surface area contributed by atoms with Crippen LogP contribution in [-0.4, -0.2) is 55.6 Å². The summed E-state index contributed by atoms with van der Waals surface area (Å²) in [4.78, 5) is 6.81. The van der Waals surface area contributed by atoms with Gasteiger partial charge < -0.3 is 10.0 Å². The fraction of sp³-hybridized carbons (Fsp3) is 0.688. The second-order valence-electron chi connectivity index (χ2n) is 6.43. The summed E-state index contributed by atoms with van der Waals surface area (Å²) in [5.74, 6) is 1.20. The van der Waals surface area contributed by atoms with Gasteiger partial charge in [0.15, 0.2) is 0 Å². The Morgan fingerprint density at radius 1 is 1.09 bits per heavy atom. The molecule has 1 N–H and O–H groups in total. The first-order valence-electron chi connectivity index (χ1n) is 8.43. The SMILES string of the molecule is O=S(=O)(c1ccc(N2CCC(CO)CC2)nc1)N1CCCCC1. The average Bonchev–Trinajstić information content (AvgIpc) is 2.63. The lowest BCUT2D eigenvalue weighted by molar-refractivity contribution is 0.203. The summed E-state index contributed by atoms with van der Waals surface area (Å²) in [6.45, 7) is 3.18. The lowest BCUT2D eigenvalue weighted by atomic mass is 9.98. The number of hydrogen-bond acceptors (Lipinski definition) is 5. The third-order valence-electron chi connectivity index (χ3n) is 4.87. The maximum absolute atomic E-state index is 12.6. The first-order valence-corrected chi connectivity index (χ1v) is 9.87. The van der Waals surface area contributed by atoms with Crippen LogP contribution in [0.15, 0.2) is 23.2 Å². The van der Waals surface area contributed by atoms with E-state index in [9.17, 15) is 13.5 Å². The van der Waals surface area contributed by atoms with Crippen LogP contribution in [0.25, 0.3) is 0 Å². The summed E-state index contributed by atoms with van der Waals surface area (Å²) in [6.07, 6.45) is 6.36. The third-order valence-corrected chi connectivity index (χ3v) is 6.75. The van der Waals surface area contributed by atoms with Crippen LogP contribution in [0.4, 0.5) is 5.82 Å². The quantitative estimate of drug-likeness (QED) is 0.899. The van der Waals surface area contributed by atoms with E-state index in [4.69, 9.17) is 0 Å². The van der Waals surface area contributed by atoms with Crippen LogP contribution in [-0.2, 0) is 10.0 Å². The Morgan fingerprint density at radius 3 is 2.35 bits per heavy atom. The number of anilines is 1. The highest BCUT2D eigenvalue weighted by Crippen LogP contribution is 2.24. The summed E-state index contributed by atoms with van der Waals surface area (Å²) in [7, 11) is -3.40. The van der Waals surface area contributed by atoms with E-state index in [1.807, 2.05) is 0 Å². The molecule has 2 aliphatic heterocycles. The van der Waals surface area contributed by atoms with Gasteiger partial charge in [-0.1, -0.05) is 6.42 Å². The van der Waals surface area contributed by atoms with Crippen molar-refractivity contribution in [2.45, 2.75) is 37.0 Å². The highest BCUT2D eigenvalue weighted by molar-refractivity contribution is 7.89. The maximum atomic E-state index is 12.6. The number of aromatic nitrogens is 1. The topological polar surface area (TPSA) is 73.7 Å². The van der Waals surface area contributed by atoms with E-state index in [-0.39, 0.29) is 11.5 Å². The van der Waals surface area contributed by atoms with Gasteiger partial charge in [-0.3, -0.25) is 0 Å². The molecule has 23 heavy (non-hydrogen) atoms. The van der Waals surface area contributed by atoms with Crippen molar-refractivity contribution in [3.63, 3.8) is 0 Å². The van der Waals surface area contributed by atoms with Crippen LogP contribution in [0, 0.1) is 5.92 Å². The lowest BCUT2D eigenvalue weighted by Crippen LogP contribution is -2.36. The molecule has 0 spiro atoms. The number of piperidine rings is 2. The van der Waals surface area contributed by atoms with Crippen LogP contribution in [0.5, 0.6) is 0 Å². The Hall–Kier alpha value is -1.18. The molecule has 1 aromatic heterocycles. The molecule has 1 aromatic rings. The monoisotopic (exact) mass is 339 g/mol. The molecule has 0 aliphatic carbocycles. The van der Waals surface area contributed by atoms with Crippen molar-refractivity contribution in [2.24, 2.45) is 5.92 Å². The highest BCUT2D eigenvalue weighted by atomic mass is 32.2. The van der Waals surface area contributed by atoms with Gasteiger partial charge in [-0.15, -0.1) is 0 Å². The number of aliphatic hydroxyl groups excluding tert-OH is 1. The van der Waals surface area contributed by atoms with Crippen molar-refractivity contribution in [3.05, 3.63) is 18.3 Å². The van der Waals surface area contributed by atoms with E-state index in [2.05, 4.69) is 9.88 Å². The predicted molar refractivity (Wildman–Crippen MR) is 88.9 cm³/mol. The molecule has 0 bridgehead atoms. The van der Waals surface area contributed by atoms with Crippen LogP contribution < -0.4 is 4.90 Å². The highest BCUT2D eigenvalue weighted by Gasteiger charge is 2.26. The van der Waals surface area contributed by atoms with Gasteiger partial charge in [-0.2, -0.15) is 4.31 Å². The van der Waals surface area contributed by atoms with Crippen molar-refractivity contribution >= 4 is 15.8 Å². The van der Waals surface area contributed by atoms with Gasteiger partial charge >= 0.3 is 0 Å². The number of sulfonamides is 1. The molecular weight excluding hydrogens is 314 g/mol. The second-order valence-corrected chi connectivity index (χ2v) is 8.37. The molecule has 2 saturated heterocycles. The normalized spacial score (nSPS) is 21.5. The molecule has 2 fully saturated rings. The number of rotatable bonds is 4. The van der Waals surface area contributed by atoms with E-state index in [0.29, 0.717) is 19.0 Å². The van der Waals surface area contributed by atoms with Crippen LogP contribution in [0.2, 0.25) is 0 Å². The van der Waals surface area contributed by atoms with Crippen molar-refractivity contribution in [3.8, 4) is 0 Å². The van der Waals surface area contributed by atoms with Crippen molar-refractivity contribution in [1.82, 2.24) is 9.29 Å². The number of hydrogen-bond donors (Lipinski definition) is 1. The minimum absolute atomic E-state index is 0.244. The summed E-state index contributed by atoms with van der Waals surface area (Å²) in [6, 6.07) is 3.47. The predicted octanol–water partition coefficient (Wildman–Crippen LogP) is 1.46. The molecule has 0 aromatic carbocycles. The zero-order chi connectivity index (χ0) is 16.3. The van der Waals surface area contributed by atoms with Gasteiger partial charge in [0.05, 0.1) is 0 Å². The molecule has 0 radical (unpaired) electrons. The molecule has 0 atom stereocenters. The Kier molecular flexibility index (Phi) is 5.18. The van der Waals surface area contributed by atoms with Gasteiger partial charge in [-0.25, -0.2) is 13.4 Å². The first kappa shape index (κ1) is 16.7. The minimum atomic E-state index is -3.40. The van der Waals surface area contributed by atoms with Crippen LogP contribution >= 0.6 is 0 Å². The van der Waals surface area contributed by atoms with E-state index in [1.54, 1.807) is 16.4 Å². The van der Waals surface area contributed by atoms with Crippen molar-refractivity contribution < 1.29 is 13.5 Å². The molecule has 3 heterocycles. The molecule has 128 valence electrons. The zero-order valence-electron chi connectivity index (χ0n) is 13.4. The third kappa shape index (κ3) is 3.67. The summed E-state index contributed by atoms with van der Waals surface area (Å²) < 4.78 is 26.8. The Morgan fingerprint density at radius 2 is 1.78 bits per heavy atom. The summed E-state index contributed by atoms with van der Waals surface area (Å²) in [5, 5.41) is 9.19. The minimum Gasteiger partial charge on any atom is -0.396 e. The summed E-state index contributed by atoms with van der Waals surface area (Å²) in [5.41, 5.74) is 0. The van der Waals surface area contributed by atoms with E-state index >= 15 is 0 Å². The molecular formula is C16H25N3O3S. The van der Waals surface area contributed by atoms with Gasteiger partial charge in [0.2, 0.25) is 10.0 Å².